The normalized spacial score (nSPS) is 13.7. The first kappa shape index (κ1) is 24.0. The van der Waals surface area contributed by atoms with Crippen LogP contribution in [-0.4, -0.2) is 38.3 Å². The van der Waals surface area contributed by atoms with Gasteiger partial charge in [-0.1, -0.05) is 36.4 Å². The van der Waals surface area contributed by atoms with Crippen molar-refractivity contribution in [1.82, 2.24) is 9.62 Å². The molecule has 0 aliphatic carbocycles. The van der Waals surface area contributed by atoms with Crippen molar-refractivity contribution in [1.29, 1.82) is 0 Å². The molecule has 7 heteroatoms. The lowest BCUT2D eigenvalue weighted by atomic mass is 9.99. The van der Waals surface area contributed by atoms with E-state index in [1.54, 1.807) is 31.3 Å². The highest BCUT2D eigenvalue weighted by Gasteiger charge is 2.23. The second kappa shape index (κ2) is 9.99. The van der Waals surface area contributed by atoms with Crippen LogP contribution < -0.4 is 10.2 Å². The van der Waals surface area contributed by atoms with E-state index in [1.807, 2.05) is 38.1 Å². The Morgan fingerprint density at radius 3 is 2.26 bits per heavy atom. The standard InChI is InChI=1S/C27H31N3O3S/c1-20(2)29(3)34(32,33)26-14-8-21(9-15-26)18-28-27(31)23-10-12-25(13-11-23)30-17-16-22-6-4-5-7-24(22)19-30/h4-15,20H,16-19H2,1-3H3,(H,28,31). The number of nitrogens with zero attached hydrogens (tertiary/aromatic N) is 2. The van der Waals surface area contributed by atoms with Crippen LogP contribution in [0.4, 0.5) is 5.69 Å². The smallest absolute Gasteiger partial charge is 0.251 e. The van der Waals surface area contributed by atoms with Gasteiger partial charge in [0.2, 0.25) is 10.0 Å². The van der Waals surface area contributed by atoms with Crippen LogP contribution in [0, 0.1) is 0 Å². The van der Waals surface area contributed by atoms with Crippen LogP contribution >= 0.6 is 0 Å². The third kappa shape index (κ3) is 5.16. The summed E-state index contributed by atoms with van der Waals surface area (Å²) in [6.07, 6.45) is 1.02. The molecule has 178 valence electrons. The maximum Gasteiger partial charge on any atom is 0.251 e. The van der Waals surface area contributed by atoms with Crippen LogP contribution in [0.25, 0.3) is 0 Å². The molecule has 0 saturated carbocycles. The minimum Gasteiger partial charge on any atom is -0.367 e. The number of rotatable bonds is 7. The van der Waals surface area contributed by atoms with Crippen molar-refractivity contribution in [2.75, 3.05) is 18.5 Å². The summed E-state index contributed by atoms with van der Waals surface area (Å²) in [6.45, 7) is 5.82. The molecule has 1 aliphatic heterocycles. The average molecular weight is 478 g/mol. The van der Waals surface area contributed by atoms with Gasteiger partial charge in [0.1, 0.15) is 0 Å². The topological polar surface area (TPSA) is 69.7 Å². The number of carbonyl (C=O) groups is 1. The number of nitrogens with one attached hydrogen (secondary N) is 1. The highest BCUT2D eigenvalue weighted by molar-refractivity contribution is 7.89. The van der Waals surface area contributed by atoms with Crippen molar-refractivity contribution >= 4 is 21.6 Å². The molecule has 0 bridgehead atoms. The van der Waals surface area contributed by atoms with Gasteiger partial charge in [-0.05, 0) is 73.4 Å². The Morgan fingerprint density at radius 2 is 1.62 bits per heavy atom. The van der Waals surface area contributed by atoms with Crippen molar-refractivity contribution in [2.45, 2.75) is 44.3 Å². The van der Waals surface area contributed by atoms with Gasteiger partial charge in [0.05, 0.1) is 4.90 Å². The highest BCUT2D eigenvalue weighted by Crippen LogP contribution is 2.24. The van der Waals surface area contributed by atoms with Gasteiger partial charge < -0.3 is 10.2 Å². The Kier molecular flexibility index (Phi) is 7.05. The van der Waals surface area contributed by atoms with Gasteiger partial charge in [-0.3, -0.25) is 4.79 Å². The molecule has 4 rings (SSSR count). The molecule has 6 nitrogen and oxygen atoms in total. The van der Waals surface area contributed by atoms with E-state index in [2.05, 4.69) is 34.5 Å². The van der Waals surface area contributed by atoms with Gasteiger partial charge in [-0.25, -0.2) is 8.42 Å². The SMILES string of the molecule is CC(C)N(C)S(=O)(=O)c1ccc(CNC(=O)c2ccc(N3CCc4ccccc4C3)cc2)cc1. The molecule has 34 heavy (non-hydrogen) atoms. The molecule has 3 aromatic rings. The molecule has 3 aromatic carbocycles. The Morgan fingerprint density at radius 1 is 0.971 bits per heavy atom. The number of benzene rings is 3. The molecular formula is C27H31N3O3S. The maximum absolute atomic E-state index is 12.6. The van der Waals surface area contributed by atoms with Crippen LogP contribution in [0.1, 0.15) is 40.9 Å². The second-order valence-corrected chi connectivity index (χ2v) is 10.9. The fraction of sp³-hybridized carbons (Fsp3) is 0.296. The first-order valence-corrected chi connectivity index (χ1v) is 13.0. The summed E-state index contributed by atoms with van der Waals surface area (Å²) >= 11 is 0. The number of amides is 1. The van der Waals surface area contributed by atoms with E-state index < -0.39 is 10.0 Å². The first-order valence-electron chi connectivity index (χ1n) is 11.5. The van der Waals surface area contributed by atoms with Gasteiger partial charge in [0.15, 0.2) is 0 Å². The van der Waals surface area contributed by atoms with E-state index in [0.29, 0.717) is 12.1 Å². The van der Waals surface area contributed by atoms with E-state index >= 15 is 0 Å². The van der Waals surface area contributed by atoms with Crippen molar-refractivity contribution < 1.29 is 13.2 Å². The summed E-state index contributed by atoms with van der Waals surface area (Å²) < 4.78 is 26.5. The van der Waals surface area contributed by atoms with Crippen molar-refractivity contribution in [3.63, 3.8) is 0 Å². The zero-order chi connectivity index (χ0) is 24.3. The van der Waals surface area contributed by atoms with E-state index in [-0.39, 0.29) is 16.8 Å². The molecular weight excluding hydrogens is 446 g/mol. The molecule has 0 spiro atoms. The molecule has 0 radical (unpaired) electrons. The molecule has 1 heterocycles. The predicted octanol–water partition coefficient (Wildman–Crippen LogP) is 4.21. The molecule has 0 fully saturated rings. The van der Waals surface area contributed by atoms with Crippen LogP contribution in [0.2, 0.25) is 0 Å². The summed E-state index contributed by atoms with van der Waals surface area (Å²) in [5.41, 5.74) is 5.30. The molecule has 0 atom stereocenters. The zero-order valence-corrected chi connectivity index (χ0v) is 20.7. The van der Waals surface area contributed by atoms with Gasteiger partial charge >= 0.3 is 0 Å². The minimum atomic E-state index is -3.52. The fourth-order valence-corrected chi connectivity index (χ4v) is 5.41. The van der Waals surface area contributed by atoms with Gasteiger partial charge in [-0.2, -0.15) is 4.31 Å². The Bertz CT molecular complexity index is 1250. The molecule has 1 N–H and O–H groups in total. The van der Waals surface area contributed by atoms with Crippen LogP contribution in [0.5, 0.6) is 0 Å². The van der Waals surface area contributed by atoms with E-state index in [1.165, 1.54) is 15.4 Å². The fourth-order valence-electron chi connectivity index (χ4n) is 4.05. The summed E-state index contributed by atoms with van der Waals surface area (Å²) in [5, 5.41) is 2.91. The Hall–Kier alpha value is -3.16. The number of fused-ring (bicyclic) bond motifs is 1. The monoisotopic (exact) mass is 477 g/mol. The Labute approximate surface area is 202 Å². The molecule has 0 aromatic heterocycles. The first-order chi connectivity index (χ1) is 16.3. The molecule has 0 saturated heterocycles. The number of hydrogen-bond donors (Lipinski definition) is 1. The lowest BCUT2D eigenvalue weighted by molar-refractivity contribution is 0.0951. The van der Waals surface area contributed by atoms with E-state index in [0.717, 1.165) is 30.8 Å². The third-order valence-electron chi connectivity index (χ3n) is 6.41. The quantitative estimate of drug-likeness (QED) is 0.554. The highest BCUT2D eigenvalue weighted by atomic mass is 32.2. The second-order valence-electron chi connectivity index (χ2n) is 8.93. The maximum atomic E-state index is 12.6. The largest absolute Gasteiger partial charge is 0.367 e. The van der Waals surface area contributed by atoms with Gasteiger partial charge in [0.25, 0.3) is 5.91 Å². The van der Waals surface area contributed by atoms with Crippen molar-refractivity contribution in [3.8, 4) is 0 Å². The zero-order valence-electron chi connectivity index (χ0n) is 19.9. The number of anilines is 1. The van der Waals surface area contributed by atoms with Gasteiger partial charge in [-0.15, -0.1) is 0 Å². The number of carbonyl (C=O) groups excluding carboxylic acids is 1. The third-order valence-corrected chi connectivity index (χ3v) is 8.45. The number of sulfonamides is 1. The van der Waals surface area contributed by atoms with Gasteiger partial charge in [0, 0.05) is 44.0 Å². The van der Waals surface area contributed by atoms with E-state index in [9.17, 15) is 13.2 Å². The van der Waals surface area contributed by atoms with Crippen LogP contribution in [0.3, 0.4) is 0 Å². The number of hydrogen-bond acceptors (Lipinski definition) is 4. The van der Waals surface area contributed by atoms with Crippen LogP contribution in [-0.2, 0) is 29.5 Å². The summed E-state index contributed by atoms with van der Waals surface area (Å²) in [7, 11) is -1.94. The van der Waals surface area contributed by atoms with E-state index in [4.69, 9.17) is 0 Å². The average Bonchev–Trinajstić information content (AvgIpc) is 2.86. The molecule has 1 aliphatic rings. The van der Waals surface area contributed by atoms with Crippen LogP contribution in [0.15, 0.2) is 77.7 Å². The summed E-state index contributed by atoms with van der Waals surface area (Å²) in [5.74, 6) is -0.160. The summed E-state index contributed by atoms with van der Waals surface area (Å²) in [4.78, 5) is 15.2. The lowest BCUT2D eigenvalue weighted by Gasteiger charge is -2.30. The predicted molar refractivity (Wildman–Crippen MR) is 135 cm³/mol. The molecule has 1 amide bonds. The minimum absolute atomic E-state index is 0.124. The molecule has 0 unspecified atom stereocenters. The summed E-state index contributed by atoms with van der Waals surface area (Å²) in [6, 6.07) is 22.7. The Balaban J connectivity index is 1.35. The van der Waals surface area contributed by atoms with Crippen molar-refractivity contribution in [2.24, 2.45) is 0 Å². The van der Waals surface area contributed by atoms with Crippen molar-refractivity contribution in [3.05, 3.63) is 95.1 Å². The lowest BCUT2D eigenvalue weighted by Crippen LogP contribution is -2.33.